The average Bonchev–Trinajstić information content (AvgIpc) is 2.95. The van der Waals surface area contributed by atoms with Crippen LogP contribution in [-0.2, 0) is 0 Å². The monoisotopic (exact) mass is 283 g/mol. The summed E-state index contributed by atoms with van der Waals surface area (Å²) in [7, 11) is 0. The van der Waals surface area contributed by atoms with Gasteiger partial charge in [-0.15, -0.1) is 0 Å². The van der Waals surface area contributed by atoms with Crippen LogP contribution < -0.4 is 5.32 Å². The highest BCUT2D eigenvalue weighted by molar-refractivity contribution is 5.74. The molecule has 2 N–H and O–H groups in total. The largest absolute Gasteiger partial charge is 0.394 e. The van der Waals surface area contributed by atoms with E-state index in [2.05, 4.69) is 17.1 Å². The van der Waals surface area contributed by atoms with Gasteiger partial charge < -0.3 is 20.2 Å². The number of aliphatic hydroxyl groups excluding tert-OH is 1. The molecule has 1 unspecified atom stereocenters. The number of hydrogen-bond donors (Lipinski definition) is 2. The number of carbonyl (C=O) groups excluding carboxylic acids is 1. The lowest BCUT2D eigenvalue weighted by molar-refractivity contribution is 0.150. The Kier molecular flexibility index (Phi) is 6.10. The third kappa shape index (κ3) is 4.09. The van der Waals surface area contributed by atoms with Crippen molar-refractivity contribution in [1.29, 1.82) is 0 Å². The molecule has 5 nitrogen and oxygen atoms in total. The molecule has 2 amide bonds. The van der Waals surface area contributed by atoms with Crippen molar-refractivity contribution in [3.05, 3.63) is 0 Å². The zero-order valence-corrected chi connectivity index (χ0v) is 12.7. The number of rotatable bonds is 5. The van der Waals surface area contributed by atoms with Crippen molar-refractivity contribution >= 4 is 6.03 Å². The molecule has 0 saturated carbocycles. The lowest BCUT2D eigenvalue weighted by Crippen LogP contribution is -2.46. The molecule has 2 rings (SSSR count). The molecular weight excluding hydrogens is 254 g/mol. The Bertz CT molecular complexity index is 303. The van der Waals surface area contributed by atoms with Crippen LogP contribution in [0.5, 0.6) is 0 Å². The van der Waals surface area contributed by atoms with Gasteiger partial charge in [0.25, 0.3) is 0 Å². The first-order chi connectivity index (χ1) is 9.74. The predicted molar refractivity (Wildman–Crippen MR) is 79.7 cm³/mol. The van der Waals surface area contributed by atoms with Crippen molar-refractivity contribution in [3.8, 4) is 0 Å². The van der Waals surface area contributed by atoms with Gasteiger partial charge in [0.1, 0.15) is 0 Å². The molecule has 0 aromatic heterocycles. The van der Waals surface area contributed by atoms with Crippen LogP contribution in [0.15, 0.2) is 0 Å². The van der Waals surface area contributed by atoms with Gasteiger partial charge in [-0.3, -0.25) is 0 Å². The summed E-state index contributed by atoms with van der Waals surface area (Å²) in [5, 5.41) is 12.3. The highest BCUT2D eigenvalue weighted by Gasteiger charge is 2.28. The summed E-state index contributed by atoms with van der Waals surface area (Å²) < 4.78 is 0. The number of aliphatic hydroxyl groups is 1. The first-order valence-electron chi connectivity index (χ1n) is 8.12. The molecule has 0 radical (unpaired) electrons. The van der Waals surface area contributed by atoms with E-state index in [1.807, 2.05) is 0 Å². The Hall–Kier alpha value is -0.810. The van der Waals surface area contributed by atoms with Crippen LogP contribution in [0.25, 0.3) is 0 Å². The lowest BCUT2D eigenvalue weighted by atomic mass is 9.97. The summed E-state index contributed by atoms with van der Waals surface area (Å²) in [4.78, 5) is 16.4. The van der Waals surface area contributed by atoms with Crippen LogP contribution in [-0.4, -0.2) is 66.3 Å². The van der Waals surface area contributed by atoms with Gasteiger partial charge in [-0.2, -0.15) is 0 Å². The van der Waals surface area contributed by atoms with Crippen molar-refractivity contribution in [2.45, 2.75) is 45.1 Å². The second-order valence-electron chi connectivity index (χ2n) is 6.14. The molecule has 2 saturated heterocycles. The molecule has 0 bridgehead atoms. The van der Waals surface area contributed by atoms with Gasteiger partial charge in [0, 0.05) is 13.1 Å². The fraction of sp³-hybridized carbons (Fsp3) is 0.933. The first kappa shape index (κ1) is 15.6. The number of hydrogen-bond acceptors (Lipinski definition) is 3. The van der Waals surface area contributed by atoms with Crippen molar-refractivity contribution in [3.63, 3.8) is 0 Å². The second kappa shape index (κ2) is 7.84. The molecule has 20 heavy (non-hydrogen) atoms. The molecule has 2 aliphatic heterocycles. The summed E-state index contributed by atoms with van der Waals surface area (Å²) >= 11 is 0. The quantitative estimate of drug-likeness (QED) is 0.799. The molecule has 2 fully saturated rings. The van der Waals surface area contributed by atoms with Gasteiger partial charge in [0.15, 0.2) is 0 Å². The Labute approximate surface area is 122 Å². The normalized spacial score (nSPS) is 25.1. The van der Waals surface area contributed by atoms with Crippen LogP contribution in [0.4, 0.5) is 4.79 Å². The number of nitrogens with one attached hydrogen (secondary N) is 1. The number of urea groups is 1. The molecule has 5 heteroatoms. The van der Waals surface area contributed by atoms with Gasteiger partial charge in [0.2, 0.25) is 0 Å². The van der Waals surface area contributed by atoms with Gasteiger partial charge in [0.05, 0.1) is 12.6 Å². The Morgan fingerprint density at radius 3 is 2.65 bits per heavy atom. The Morgan fingerprint density at radius 1 is 1.25 bits per heavy atom. The molecule has 116 valence electrons. The summed E-state index contributed by atoms with van der Waals surface area (Å²) in [5.74, 6) is 0.613. The second-order valence-corrected chi connectivity index (χ2v) is 6.14. The standard InChI is InChI=1S/C15H29N3O2/c1-2-7-17-9-5-13(6-10-17)11-16-15(20)18-8-3-4-14(18)12-19/h13-14,19H,2-12H2,1H3,(H,16,20). The number of amides is 2. The SMILES string of the molecule is CCCN1CCC(CNC(=O)N2CCCC2CO)CC1. The van der Waals surface area contributed by atoms with Crippen LogP contribution in [0.1, 0.15) is 39.0 Å². The third-order valence-electron chi connectivity index (χ3n) is 4.64. The third-order valence-corrected chi connectivity index (χ3v) is 4.64. The molecule has 2 aliphatic rings. The van der Waals surface area contributed by atoms with E-state index in [4.69, 9.17) is 0 Å². The Morgan fingerprint density at radius 2 is 2.00 bits per heavy atom. The Balaban J connectivity index is 1.67. The van der Waals surface area contributed by atoms with E-state index in [0.29, 0.717) is 5.92 Å². The maximum atomic E-state index is 12.1. The maximum absolute atomic E-state index is 12.1. The van der Waals surface area contributed by atoms with Crippen LogP contribution in [0, 0.1) is 5.92 Å². The fourth-order valence-electron chi connectivity index (χ4n) is 3.36. The number of likely N-dealkylation sites (tertiary alicyclic amines) is 2. The first-order valence-corrected chi connectivity index (χ1v) is 8.12. The summed E-state index contributed by atoms with van der Waals surface area (Å²) in [6.07, 6.45) is 5.53. The molecule has 0 spiro atoms. The van der Waals surface area contributed by atoms with Crippen molar-refractivity contribution < 1.29 is 9.90 Å². The van der Waals surface area contributed by atoms with E-state index < -0.39 is 0 Å². The minimum Gasteiger partial charge on any atom is -0.394 e. The number of nitrogens with zero attached hydrogens (tertiary/aromatic N) is 2. The van der Waals surface area contributed by atoms with Crippen molar-refractivity contribution in [2.24, 2.45) is 5.92 Å². The smallest absolute Gasteiger partial charge is 0.317 e. The van der Waals surface area contributed by atoms with Gasteiger partial charge in [-0.1, -0.05) is 6.92 Å². The summed E-state index contributed by atoms with van der Waals surface area (Å²) in [5.41, 5.74) is 0. The van der Waals surface area contributed by atoms with E-state index in [1.165, 1.54) is 25.8 Å². The molecule has 0 aromatic rings. The fourth-order valence-corrected chi connectivity index (χ4v) is 3.36. The minimum atomic E-state index is 0.0116. The van der Waals surface area contributed by atoms with Gasteiger partial charge in [-0.25, -0.2) is 4.79 Å². The van der Waals surface area contributed by atoms with E-state index in [0.717, 1.165) is 39.0 Å². The van der Waals surface area contributed by atoms with E-state index >= 15 is 0 Å². The molecule has 0 aromatic carbocycles. The highest BCUT2D eigenvalue weighted by atomic mass is 16.3. The zero-order valence-electron chi connectivity index (χ0n) is 12.7. The highest BCUT2D eigenvalue weighted by Crippen LogP contribution is 2.18. The lowest BCUT2D eigenvalue weighted by Gasteiger charge is -2.32. The molecule has 2 heterocycles. The number of carbonyl (C=O) groups is 1. The maximum Gasteiger partial charge on any atom is 0.317 e. The van der Waals surface area contributed by atoms with E-state index in [-0.39, 0.29) is 18.7 Å². The van der Waals surface area contributed by atoms with Crippen LogP contribution >= 0.6 is 0 Å². The average molecular weight is 283 g/mol. The van der Waals surface area contributed by atoms with Gasteiger partial charge >= 0.3 is 6.03 Å². The number of piperidine rings is 1. The van der Waals surface area contributed by atoms with Crippen molar-refractivity contribution in [2.75, 3.05) is 39.3 Å². The summed E-state index contributed by atoms with van der Waals surface area (Å²) in [6.45, 7) is 7.40. The molecular formula is C15H29N3O2. The molecule has 0 aliphatic carbocycles. The van der Waals surface area contributed by atoms with E-state index in [9.17, 15) is 9.90 Å². The van der Waals surface area contributed by atoms with E-state index in [1.54, 1.807) is 4.90 Å². The van der Waals surface area contributed by atoms with Crippen LogP contribution in [0.2, 0.25) is 0 Å². The zero-order chi connectivity index (χ0) is 14.4. The molecule has 1 atom stereocenters. The van der Waals surface area contributed by atoms with Crippen molar-refractivity contribution in [1.82, 2.24) is 15.1 Å². The van der Waals surface area contributed by atoms with Gasteiger partial charge in [-0.05, 0) is 57.7 Å². The summed E-state index contributed by atoms with van der Waals surface area (Å²) in [6, 6.07) is 0.0407. The topological polar surface area (TPSA) is 55.8 Å². The predicted octanol–water partition coefficient (Wildman–Crippen LogP) is 1.27. The van der Waals surface area contributed by atoms with Crippen LogP contribution in [0.3, 0.4) is 0 Å². The minimum absolute atomic E-state index is 0.0116.